The average Bonchev–Trinajstić information content (AvgIpc) is 2.45. The summed E-state index contributed by atoms with van der Waals surface area (Å²) in [5.74, 6) is 0.323. The Morgan fingerprint density at radius 3 is 2.29 bits per heavy atom. The molecule has 1 rings (SSSR count). The summed E-state index contributed by atoms with van der Waals surface area (Å²) < 4.78 is 24.9. The second kappa shape index (κ2) is 5.76. The molecule has 0 radical (unpaired) electrons. The van der Waals surface area contributed by atoms with Gasteiger partial charge in [0, 0.05) is 0 Å². The standard InChI is InChI=1S/C12H22F2N2O/c1-7(2)5-9-12(17)16(6-10(13)14)11(15-9)8(3)4/h7-11,15H,5-6H2,1-4H3. The van der Waals surface area contributed by atoms with Gasteiger partial charge in [0.05, 0.1) is 18.8 Å². The zero-order valence-electron chi connectivity index (χ0n) is 10.9. The maximum absolute atomic E-state index is 12.5. The van der Waals surface area contributed by atoms with Gasteiger partial charge >= 0.3 is 0 Å². The number of halogens is 2. The minimum atomic E-state index is -2.47. The van der Waals surface area contributed by atoms with Crippen molar-refractivity contribution in [3.63, 3.8) is 0 Å². The summed E-state index contributed by atoms with van der Waals surface area (Å²) in [7, 11) is 0. The van der Waals surface area contributed by atoms with E-state index in [1.165, 1.54) is 4.90 Å². The third kappa shape index (κ3) is 3.63. The molecule has 0 aromatic heterocycles. The van der Waals surface area contributed by atoms with E-state index < -0.39 is 13.0 Å². The molecule has 5 heteroatoms. The summed E-state index contributed by atoms with van der Waals surface area (Å²) in [5.41, 5.74) is 0. The highest BCUT2D eigenvalue weighted by Crippen LogP contribution is 2.22. The number of nitrogens with one attached hydrogen (secondary N) is 1. The van der Waals surface area contributed by atoms with Crippen LogP contribution in [-0.2, 0) is 4.79 Å². The van der Waals surface area contributed by atoms with Crippen molar-refractivity contribution in [1.82, 2.24) is 10.2 Å². The third-order valence-electron chi connectivity index (χ3n) is 2.96. The molecule has 0 aliphatic carbocycles. The highest BCUT2D eigenvalue weighted by molar-refractivity contribution is 5.84. The Kier molecular flexibility index (Phi) is 4.86. The lowest BCUT2D eigenvalue weighted by Crippen LogP contribution is -2.43. The highest BCUT2D eigenvalue weighted by Gasteiger charge is 2.41. The molecule has 0 saturated carbocycles. The number of amides is 1. The van der Waals surface area contributed by atoms with Crippen LogP contribution in [0.3, 0.4) is 0 Å². The lowest BCUT2D eigenvalue weighted by atomic mass is 10.0. The van der Waals surface area contributed by atoms with Crippen molar-refractivity contribution in [2.75, 3.05) is 6.54 Å². The van der Waals surface area contributed by atoms with Gasteiger partial charge in [0.15, 0.2) is 0 Å². The molecule has 17 heavy (non-hydrogen) atoms. The second-order valence-corrected chi connectivity index (χ2v) is 5.42. The van der Waals surface area contributed by atoms with Gasteiger partial charge in [-0.3, -0.25) is 10.1 Å². The van der Waals surface area contributed by atoms with Crippen molar-refractivity contribution in [1.29, 1.82) is 0 Å². The fraction of sp³-hybridized carbons (Fsp3) is 0.917. The molecule has 1 aliphatic heterocycles. The first kappa shape index (κ1) is 14.4. The predicted octanol–water partition coefficient (Wildman–Crippen LogP) is 2.08. The van der Waals surface area contributed by atoms with Gasteiger partial charge in [0.2, 0.25) is 5.91 Å². The Labute approximate surface area is 102 Å². The van der Waals surface area contributed by atoms with Crippen LogP contribution in [0.25, 0.3) is 0 Å². The monoisotopic (exact) mass is 248 g/mol. The fourth-order valence-electron chi connectivity index (χ4n) is 2.25. The quantitative estimate of drug-likeness (QED) is 0.808. The van der Waals surface area contributed by atoms with E-state index in [-0.39, 0.29) is 24.0 Å². The molecule has 100 valence electrons. The van der Waals surface area contributed by atoms with Crippen LogP contribution in [-0.4, -0.2) is 36.0 Å². The van der Waals surface area contributed by atoms with Crippen molar-refractivity contribution < 1.29 is 13.6 Å². The topological polar surface area (TPSA) is 32.3 Å². The molecule has 0 aromatic carbocycles. The molecule has 1 saturated heterocycles. The van der Waals surface area contributed by atoms with Gasteiger partial charge in [-0.15, -0.1) is 0 Å². The summed E-state index contributed by atoms with van der Waals surface area (Å²) in [4.78, 5) is 13.3. The summed E-state index contributed by atoms with van der Waals surface area (Å²) in [6.07, 6.45) is -2.04. The molecule has 1 fully saturated rings. The first-order valence-electron chi connectivity index (χ1n) is 6.17. The third-order valence-corrected chi connectivity index (χ3v) is 2.96. The van der Waals surface area contributed by atoms with Crippen molar-refractivity contribution in [2.45, 2.75) is 52.7 Å². The van der Waals surface area contributed by atoms with Crippen molar-refractivity contribution in [3.05, 3.63) is 0 Å². The Morgan fingerprint density at radius 2 is 1.88 bits per heavy atom. The van der Waals surface area contributed by atoms with Crippen LogP contribution in [0, 0.1) is 11.8 Å². The first-order chi connectivity index (χ1) is 7.82. The molecule has 0 aromatic rings. The van der Waals surface area contributed by atoms with Gasteiger partial charge in [-0.1, -0.05) is 27.7 Å². The van der Waals surface area contributed by atoms with E-state index in [9.17, 15) is 13.6 Å². The zero-order valence-corrected chi connectivity index (χ0v) is 10.9. The number of rotatable bonds is 5. The van der Waals surface area contributed by atoms with Crippen molar-refractivity contribution in [3.8, 4) is 0 Å². The first-order valence-corrected chi connectivity index (χ1v) is 6.17. The van der Waals surface area contributed by atoms with Crippen LogP contribution >= 0.6 is 0 Å². The van der Waals surface area contributed by atoms with E-state index >= 15 is 0 Å². The van der Waals surface area contributed by atoms with Gasteiger partial charge in [0.25, 0.3) is 6.43 Å². The largest absolute Gasteiger partial charge is 0.320 e. The number of nitrogens with zero attached hydrogens (tertiary/aromatic N) is 1. The Morgan fingerprint density at radius 1 is 1.29 bits per heavy atom. The van der Waals surface area contributed by atoms with Crippen LogP contribution in [0.2, 0.25) is 0 Å². The molecule has 1 N–H and O–H groups in total. The van der Waals surface area contributed by atoms with E-state index in [0.717, 1.165) is 0 Å². The number of carbonyl (C=O) groups is 1. The molecule has 2 atom stereocenters. The summed E-state index contributed by atoms with van der Waals surface area (Å²) in [6.45, 7) is 7.44. The second-order valence-electron chi connectivity index (χ2n) is 5.42. The minimum Gasteiger partial charge on any atom is -0.320 e. The molecule has 1 heterocycles. The molecule has 3 nitrogen and oxygen atoms in total. The fourth-order valence-corrected chi connectivity index (χ4v) is 2.25. The molecular weight excluding hydrogens is 226 g/mol. The summed E-state index contributed by atoms with van der Waals surface area (Å²) in [5, 5.41) is 3.17. The lowest BCUT2D eigenvalue weighted by molar-refractivity contribution is -0.132. The maximum Gasteiger partial charge on any atom is 0.255 e. The van der Waals surface area contributed by atoms with Crippen molar-refractivity contribution >= 4 is 5.91 Å². The molecular formula is C12H22F2N2O. The molecule has 1 amide bonds. The van der Waals surface area contributed by atoms with E-state index in [4.69, 9.17) is 0 Å². The van der Waals surface area contributed by atoms with E-state index in [2.05, 4.69) is 5.32 Å². The summed E-state index contributed by atoms with van der Waals surface area (Å²) in [6, 6.07) is -0.304. The van der Waals surface area contributed by atoms with E-state index in [0.29, 0.717) is 12.3 Å². The smallest absolute Gasteiger partial charge is 0.255 e. The molecule has 2 unspecified atom stereocenters. The Bertz CT molecular complexity index is 269. The van der Waals surface area contributed by atoms with Gasteiger partial charge in [-0.25, -0.2) is 8.78 Å². The highest BCUT2D eigenvalue weighted by atomic mass is 19.3. The van der Waals surface area contributed by atoms with Crippen LogP contribution in [0.1, 0.15) is 34.1 Å². The van der Waals surface area contributed by atoms with E-state index in [1.807, 2.05) is 27.7 Å². The average molecular weight is 248 g/mol. The Balaban J connectivity index is 2.74. The van der Waals surface area contributed by atoms with Gasteiger partial charge in [0.1, 0.15) is 0 Å². The minimum absolute atomic E-state index is 0.134. The summed E-state index contributed by atoms with van der Waals surface area (Å²) >= 11 is 0. The molecule has 1 aliphatic rings. The SMILES string of the molecule is CC(C)CC1NC(C(C)C)N(CC(F)F)C1=O. The van der Waals surface area contributed by atoms with Crippen molar-refractivity contribution in [2.24, 2.45) is 11.8 Å². The normalized spacial score (nSPS) is 25.7. The van der Waals surface area contributed by atoms with Gasteiger partial charge < -0.3 is 4.90 Å². The number of alkyl halides is 2. The maximum atomic E-state index is 12.5. The van der Waals surface area contributed by atoms with E-state index in [1.54, 1.807) is 0 Å². The van der Waals surface area contributed by atoms with Crippen LogP contribution in [0.15, 0.2) is 0 Å². The predicted molar refractivity (Wildman–Crippen MR) is 62.7 cm³/mol. The van der Waals surface area contributed by atoms with Crippen LogP contribution in [0.4, 0.5) is 8.78 Å². The van der Waals surface area contributed by atoms with Crippen LogP contribution < -0.4 is 5.32 Å². The van der Waals surface area contributed by atoms with Gasteiger partial charge in [-0.05, 0) is 18.3 Å². The lowest BCUT2D eigenvalue weighted by Gasteiger charge is -2.26. The molecule has 0 spiro atoms. The molecule has 0 bridgehead atoms. The van der Waals surface area contributed by atoms with Crippen LogP contribution in [0.5, 0.6) is 0 Å². The van der Waals surface area contributed by atoms with Gasteiger partial charge in [-0.2, -0.15) is 0 Å². The number of carbonyl (C=O) groups excluding carboxylic acids is 1. The number of hydrogen-bond acceptors (Lipinski definition) is 2. The Hall–Kier alpha value is -0.710. The zero-order chi connectivity index (χ0) is 13.2. The number of hydrogen-bond donors (Lipinski definition) is 1.